The molecule has 0 radical (unpaired) electrons. The van der Waals surface area contributed by atoms with Crippen LogP contribution in [-0.4, -0.2) is 23.0 Å². The molecule has 3 heterocycles. The van der Waals surface area contributed by atoms with Crippen molar-refractivity contribution in [2.45, 2.75) is 11.4 Å². The number of nitrogens with zero attached hydrogens (tertiary/aromatic N) is 4. The molecule has 2 aromatic carbocycles. The number of hydrogen-bond acceptors (Lipinski definition) is 6. The molecule has 158 valence electrons. The van der Waals surface area contributed by atoms with Gasteiger partial charge in [0.1, 0.15) is 28.7 Å². The molecule has 5 aromatic rings. The van der Waals surface area contributed by atoms with E-state index in [-0.39, 0.29) is 22.8 Å². The fraction of sp³-hybridized carbons (Fsp3) is 0.0455. The van der Waals surface area contributed by atoms with Gasteiger partial charge in [-0.3, -0.25) is 4.72 Å². The monoisotopic (exact) mass is 463 g/mol. The van der Waals surface area contributed by atoms with Crippen molar-refractivity contribution in [2.75, 3.05) is 4.72 Å². The molecular weight excluding hydrogens is 450 g/mol. The standard InChI is InChI=1S/C22H14ClN5O3S/c23-14-7-9-16(10-8-14)32(29,30)27-21-17(12-24)20-22(28(21)13-15-4-3-11-31-15)26-19-6-2-1-5-18(19)25-20/h1-11,27H,13H2. The zero-order chi connectivity index (χ0) is 22.3. The molecule has 0 aliphatic carbocycles. The van der Waals surface area contributed by atoms with Gasteiger partial charge in [-0.15, -0.1) is 0 Å². The van der Waals surface area contributed by atoms with Crippen LogP contribution in [0.3, 0.4) is 0 Å². The van der Waals surface area contributed by atoms with Crippen LogP contribution in [0.5, 0.6) is 0 Å². The first-order chi connectivity index (χ1) is 15.5. The highest BCUT2D eigenvalue weighted by atomic mass is 35.5. The van der Waals surface area contributed by atoms with E-state index in [0.717, 1.165) is 0 Å². The Morgan fingerprint density at radius 3 is 2.41 bits per heavy atom. The number of fused-ring (bicyclic) bond motifs is 2. The van der Waals surface area contributed by atoms with Crippen molar-refractivity contribution in [1.29, 1.82) is 5.26 Å². The van der Waals surface area contributed by atoms with Gasteiger partial charge in [-0.05, 0) is 48.5 Å². The average molecular weight is 464 g/mol. The van der Waals surface area contributed by atoms with Crippen molar-refractivity contribution >= 4 is 49.6 Å². The van der Waals surface area contributed by atoms with E-state index in [1.54, 1.807) is 28.8 Å². The van der Waals surface area contributed by atoms with Gasteiger partial charge in [-0.1, -0.05) is 23.7 Å². The summed E-state index contributed by atoms with van der Waals surface area (Å²) in [6, 6.07) is 18.5. The van der Waals surface area contributed by atoms with E-state index in [2.05, 4.69) is 20.8 Å². The van der Waals surface area contributed by atoms with E-state index in [9.17, 15) is 13.7 Å². The Kier molecular flexibility index (Phi) is 4.81. The van der Waals surface area contributed by atoms with Crippen molar-refractivity contribution in [3.8, 4) is 6.07 Å². The third kappa shape index (κ3) is 3.45. The first kappa shape index (κ1) is 20.1. The first-order valence-corrected chi connectivity index (χ1v) is 11.3. The largest absolute Gasteiger partial charge is 0.467 e. The van der Waals surface area contributed by atoms with Crippen LogP contribution in [-0.2, 0) is 16.6 Å². The Morgan fingerprint density at radius 2 is 1.75 bits per heavy atom. The predicted molar refractivity (Wildman–Crippen MR) is 120 cm³/mol. The minimum Gasteiger partial charge on any atom is -0.467 e. The Bertz CT molecular complexity index is 1600. The summed E-state index contributed by atoms with van der Waals surface area (Å²) in [7, 11) is -4.03. The van der Waals surface area contributed by atoms with E-state index < -0.39 is 10.0 Å². The van der Waals surface area contributed by atoms with Crippen molar-refractivity contribution in [3.63, 3.8) is 0 Å². The number of rotatable bonds is 5. The highest BCUT2D eigenvalue weighted by Gasteiger charge is 2.25. The summed E-state index contributed by atoms with van der Waals surface area (Å²) >= 11 is 5.89. The minimum absolute atomic E-state index is 0.00618. The van der Waals surface area contributed by atoms with Crippen LogP contribution in [0.1, 0.15) is 11.3 Å². The molecule has 0 fully saturated rings. The molecule has 10 heteroatoms. The number of anilines is 1. The van der Waals surface area contributed by atoms with Crippen LogP contribution >= 0.6 is 11.6 Å². The van der Waals surface area contributed by atoms with Crippen molar-refractivity contribution in [1.82, 2.24) is 14.5 Å². The zero-order valence-corrected chi connectivity index (χ0v) is 17.9. The van der Waals surface area contributed by atoms with E-state index >= 15 is 0 Å². The predicted octanol–water partition coefficient (Wildman–Crippen LogP) is 4.55. The van der Waals surface area contributed by atoms with Crippen LogP contribution in [0.15, 0.2) is 76.2 Å². The fourth-order valence-corrected chi connectivity index (χ4v) is 4.63. The maximum absolute atomic E-state index is 13.1. The topological polar surface area (TPSA) is 114 Å². The summed E-state index contributed by atoms with van der Waals surface area (Å²) in [4.78, 5) is 9.25. The molecule has 0 unspecified atom stereocenters. The summed E-state index contributed by atoms with van der Waals surface area (Å²) in [5.74, 6) is 0.623. The van der Waals surface area contributed by atoms with Crippen LogP contribution in [0, 0.1) is 11.3 Å². The lowest BCUT2D eigenvalue weighted by molar-refractivity contribution is 0.497. The lowest BCUT2D eigenvalue weighted by atomic mass is 10.2. The van der Waals surface area contributed by atoms with Crippen molar-refractivity contribution < 1.29 is 12.8 Å². The molecule has 8 nitrogen and oxygen atoms in total. The van der Waals surface area contributed by atoms with E-state index in [1.807, 2.05) is 12.1 Å². The van der Waals surface area contributed by atoms with E-state index in [4.69, 9.17) is 16.0 Å². The van der Waals surface area contributed by atoms with Crippen LogP contribution in [0.2, 0.25) is 5.02 Å². The van der Waals surface area contributed by atoms with Gasteiger partial charge >= 0.3 is 0 Å². The molecule has 3 aromatic heterocycles. The second kappa shape index (κ2) is 7.67. The summed E-state index contributed by atoms with van der Waals surface area (Å²) < 4.78 is 35.8. The summed E-state index contributed by atoms with van der Waals surface area (Å²) in [5.41, 5.74) is 1.95. The number of benzene rings is 2. The second-order valence-electron chi connectivity index (χ2n) is 6.94. The first-order valence-electron chi connectivity index (χ1n) is 9.46. The van der Waals surface area contributed by atoms with Gasteiger partial charge in [-0.2, -0.15) is 5.26 Å². The Morgan fingerprint density at radius 1 is 1.03 bits per heavy atom. The Hall–Kier alpha value is -3.87. The van der Waals surface area contributed by atoms with Gasteiger partial charge in [0.05, 0.1) is 28.7 Å². The molecular formula is C22H14ClN5O3S. The quantitative estimate of drug-likeness (QED) is 0.409. The van der Waals surface area contributed by atoms with Gasteiger partial charge in [0.25, 0.3) is 10.0 Å². The van der Waals surface area contributed by atoms with Gasteiger partial charge in [-0.25, -0.2) is 18.4 Å². The summed E-state index contributed by atoms with van der Waals surface area (Å²) in [5, 5.41) is 10.3. The molecule has 0 saturated carbocycles. The van der Waals surface area contributed by atoms with Gasteiger partial charge < -0.3 is 8.98 Å². The van der Waals surface area contributed by atoms with Crippen LogP contribution in [0.25, 0.3) is 22.2 Å². The number of aromatic nitrogens is 3. The second-order valence-corrected chi connectivity index (χ2v) is 9.06. The molecule has 0 spiro atoms. The zero-order valence-electron chi connectivity index (χ0n) is 16.4. The molecule has 0 bridgehead atoms. The van der Waals surface area contributed by atoms with Gasteiger partial charge in [0.15, 0.2) is 5.65 Å². The van der Waals surface area contributed by atoms with Crippen molar-refractivity contribution in [3.05, 3.63) is 83.3 Å². The van der Waals surface area contributed by atoms with Gasteiger partial charge in [0, 0.05) is 5.02 Å². The fourth-order valence-electron chi connectivity index (χ4n) is 3.42. The van der Waals surface area contributed by atoms with E-state index in [1.165, 1.54) is 30.5 Å². The maximum Gasteiger partial charge on any atom is 0.263 e. The molecule has 0 aliphatic rings. The van der Waals surface area contributed by atoms with Crippen LogP contribution < -0.4 is 4.72 Å². The molecule has 32 heavy (non-hydrogen) atoms. The third-order valence-electron chi connectivity index (χ3n) is 4.91. The molecule has 0 amide bonds. The number of para-hydroxylation sites is 2. The smallest absolute Gasteiger partial charge is 0.263 e. The molecule has 0 atom stereocenters. The third-order valence-corrected chi connectivity index (χ3v) is 6.52. The summed E-state index contributed by atoms with van der Waals surface area (Å²) in [6.45, 7) is 0.149. The number of halogens is 1. The highest BCUT2D eigenvalue weighted by Crippen LogP contribution is 2.32. The SMILES string of the molecule is N#Cc1c(NS(=O)(=O)c2ccc(Cl)cc2)n(Cc2ccco2)c2nc3ccccc3nc12. The lowest BCUT2D eigenvalue weighted by Crippen LogP contribution is -2.17. The summed E-state index contributed by atoms with van der Waals surface area (Å²) in [6.07, 6.45) is 1.52. The minimum atomic E-state index is -4.03. The number of nitriles is 1. The lowest BCUT2D eigenvalue weighted by Gasteiger charge is -2.12. The molecule has 0 saturated heterocycles. The average Bonchev–Trinajstić information content (AvgIpc) is 3.39. The number of sulfonamides is 1. The van der Waals surface area contributed by atoms with Crippen LogP contribution in [0.4, 0.5) is 5.82 Å². The number of nitrogens with one attached hydrogen (secondary N) is 1. The van der Waals surface area contributed by atoms with E-state index in [0.29, 0.717) is 33.0 Å². The number of hydrogen-bond donors (Lipinski definition) is 1. The normalized spacial score (nSPS) is 11.6. The maximum atomic E-state index is 13.1. The van der Waals surface area contributed by atoms with Crippen molar-refractivity contribution in [2.24, 2.45) is 0 Å². The van der Waals surface area contributed by atoms with Gasteiger partial charge in [0.2, 0.25) is 0 Å². The highest BCUT2D eigenvalue weighted by molar-refractivity contribution is 7.92. The number of furan rings is 1. The Labute approximate surface area is 187 Å². The molecule has 1 N–H and O–H groups in total. The Balaban J connectivity index is 1.75. The molecule has 5 rings (SSSR count). The molecule has 0 aliphatic heterocycles.